The lowest BCUT2D eigenvalue weighted by Crippen LogP contribution is -2.33. The summed E-state index contributed by atoms with van der Waals surface area (Å²) in [5.41, 5.74) is 2.04. The van der Waals surface area contributed by atoms with Crippen molar-refractivity contribution < 1.29 is 9.53 Å². The van der Waals surface area contributed by atoms with E-state index in [1.807, 2.05) is 69.4 Å². The molecule has 1 unspecified atom stereocenters. The van der Waals surface area contributed by atoms with E-state index >= 15 is 0 Å². The van der Waals surface area contributed by atoms with Gasteiger partial charge in [-0.3, -0.25) is 4.79 Å². The van der Waals surface area contributed by atoms with Crippen molar-refractivity contribution in [1.29, 1.82) is 0 Å². The molecule has 1 atom stereocenters. The number of rotatable bonds is 7. The molecule has 0 fully saturated rings. The van der Waals surface area contributed by atoms with Gasteiger partial charge in [0.1, 0.15) is 11.5 Å². The molecule has 0 spiro atoms. The predicted molar refractivity (Wildman–Crippen MR) is 92.6 cm³/mol. The first kappa shape index (κ1) is 17.0. The van der Waals surface area contributed by atoms with Gasteiger partial charge in [0.15, 0.2) is 0 Å². The average molecular weight is 312 g/mol. The number of ether oxygens (including phenoxy) is 1. The van der Waals surface area contributed by atoms with Crippen molar-refractivity contribution in [2.45, 2.75) is 20.4 Å². The minimum absolute atomic E-state index is 0.0324. The van der Waals surface area contributed by atoms with Gasteiger partial charge in [-0.15, -0.1) is 0 Å². The molecular formula is C19H24N2O2. The molecule has 23 heavy (non-hydrogen) atoms. The fourth-order valence-electron chi connectivity index (χ4n) is 2.29. The Labute approximate surface area is 137 Å². The summed E-state index contributed by atoms with van der Waals surface area (Å²) in [6.07, 6.45) is 0. The maximum atomic E-state index is 12.0. The second-order valence-electron chi connectivity index (χ2n) is 5.65. The normalized spacial score (nSPS) is 11.8. The molecule has 4 heteroatoms. The van der Waals surface area contributed by atoms with Gasteiger partial charge in [-0.2, -0.15) is 0 Å². The van der Waals surface area contributed by atoms with Gasteiger partial charge < -0.3 is 15.4 Å². The van der Waals surface area contributed by atoms with Crippen LogP contribution in [0.2, 0.25) is 0 Å². The van der Waals surface area contributed by atoms with E-state index in [4.69, 9.17) is 4.74 Å². The van der Waals surface area contributed by atoms with Gasteiger partial charge in [-0.25, -0.2) is 0 Å². The number of nitrogens with one attached hydrogen (secondary N) is 2. The van der Waals surface area contributed by atoms with Crippen LogP contribution in [-0.4, -0.2) is 19.5 Å². The molecule has 2 aromatic carbocycles. The number of aryl methyl sites for hydroxylation is 1. The molecule has 2 N–H and O–H groups in total. The molecule has 0 heterocycles. The van der Waals surface area contributed by atoms with E-state index in [0.29, 0.717) is 13.1 Å². The molecule has 4 nitrogen and oxygen atoms in total. The zero-order valence-electron chi connectivity index (χ0n) is 13.9. The van der Waals surface area contributed by atoms with Crippen LogP contribution in [0.5, 0.6) is 11.5 Å². The zero-order valence-corrected chi connectivity index (χ0v) is 13.9. The monoisotopic (exact) mass is 312 g/mol. The molecule has 0 aliphatic carbocycles. The summed E-state index contributed by atoms with van der Waals surface area (Å²) in [6.45, 7) is 5.03. The van der Waals surface area contributed by atoms with Crippen molar-refractivity contribution in [1.82, 2.24) is 10.6 Å². The third-order valence-electron chi connectivity index (χ3n) is 3.70. The van der Waals surface area contributed by atoms with E-state index in [1.165, 1.54) is 0 Å². The zero-order chi connectivity index (χ0) is 16.7. The third kappa shape index (κ3) is 4.83. The first-order valence-electron chi connectivity index (χ1n) is 7.85. The highest BCUT2D eigenvalue weighted by Crippen LogP contribution is 2.27. The van der Waals surface area contributed by atoms with Gasteiger partial charge in [-0.1, -0.05) is 43.3 Å². The van der Waals surface area contributed by atoms with Crippen LogP contribution in [0.1, 0.15) is 18.1 Å². The minimum Gasteiger partial charge on any atom is -0.457 e. The Hall–Kier alpha value is -2.33. The molecule has 0 saturated heterocycles. The Morgan fingerprint density at radius 1 is 1.09 bits per heavy atom. The maximum Gasteiger partial charge on any atom is 0.224 e. The van der Waals surface area contributed by atoms with Crippen LogP contribution in [0, 0.1) is 12.8 Å². The molecule has 0 aromatic heterocycles. The fourth-order valence-corrected chi connectivity index (χ4v) is 2.29. The first-order valence-corrected chi connectivity index (χ1v) is 7.85. The van der Waals surface area contributed by atoms with Crippen LogP contribution in [0.25, 0.3) is 0 Å². The van der Waals surface area contributed by atoms with Gasteiger partial charge in [0.05, 0.1) is 0 Å². The van der Waals surface area contributed by atoms with Crippen molar-refractivity contribution in [2.24, 2.45) is 5.92 Å². The minimum atomic E-state index is -0.0653. The average Bonchev–Trinajstić information content (AvgIpc) is 2.56. The number of para-hydroxylation sites is 2. The van der Waals surface area contributed by atoms with Gasteiger partial charge >= 0.3 is 0 Å². The molecule has 0 radical (unpaired) electrons. The Bertz CT molecular complexity index is 655. The molecule has 0 aliphatic heterocycles. The Morgan fingerprint density at radius 3 is 2.43 bits per heavy atom. The second-order valence-corrected chi connectivity index (χ2v) is 5.65. The summed E-state index contributed by atoms with van der Waals surface area (Å²) in [5, 5.41) is 5.98. The number of hydrogen-bond acceptors (Lipinski definition) is 3. The molecular weight excluding hydrogens is 288 g/mol. The van der Waals surface area contributed by atoms with E-state index in [9.17, 15) is 4.79 Å². The quantitative estimate of drug-likeness (QED) is 0.825. The van der Waals surface area contributed by atoms with E-state index in [0.717, 1.165) is 22.6 Å². The van der Waals surface area contributed by atoms with E-state index in [1.54, 1.807) is 0 Å². The molecule has 122 valence electrons. The summed E-state index contributed by atoms with van der Waals surface area (Å²) in [6, 6.07) is 15.7. The highest BCUT2D eigenvalue weighted by atomic mass is 16.5. The second kappa shape index (κ2) is 8.34. The van der Waals surface area contributed by atoms with Crippen LogP contribution in [0.4, 0.5) is 0 Å². The Balaban J connectivity index is 2.06. The molecule has 0 saturated carbocycles. The number of hydrogen-bond donors (Lipinski definition) is 2. The third-order valence-corrected chi connectivity index (χ3v) is 3.70. The van der Waals surface area contributed by atoms with Crippen molar-refractivity contribution in [3.8, 4) is 11.5 Å². The highest BCUT2D eigenvalue weighted by Gasteiger charge is 2.12. The number of carbonyl (C=O) groups is 1. The summed E-state index contributed by atoms with van der Waals surface area (Å²) in [7, 11) is 1.84. The van der Waals surface area contributed by atoms with Crippen molar-refractivity contribution in [3.63, 3.8) is 0 Å². The summed E-state index contributed by atoms with van der Waals surface area (Å²) in [5.74, 6) is 1.56. The number of amides is 1. The lowest BCUT2D eigenvalue weighted by Gasteiger charge is -2.15. The smallest absolute Gasteiger partial charge is 0.224 e. The van der Waals surface area contributed by atoms with Gasteiger partial charge in [0, 0.05) is 24.6 Å². The molecule has 1 amide bonds. The predicted octanol–water partition coefficient (Wildman–Crippen LogP) is 3.26. The summed E-state index contributed by atoms with van der Waals surface area (Å²) in [4.78, 5) is 12.0. The van der Waals surface area contributed by atoms with Crippen molar-refractivity contribution in [2.75, 3.05) is 13.6 Å². The Morgan fingerprint density at radius 2 is 1.74 bits per heavy atom. The lowest BCUT2D eigenvalue weighted by molar-refractivity contribution is -0.124. The van der Waals surface area contributed by atoms with Crippen LogP contribution in [0.15, 0.2) is 48.5 Å². The number of benzene rings is 2. The van der Waals surface area contributed by atoms with Crippen LogP contribution >= 0.6 is 0 Å². The maximum absolute atomic E-state index is 12.0. The SMILES string of the molecule is CNCC(C)C(=O)NCc1ccccc1Oc1ccccc1C. The van der Waals surface area contributed by atoms with E-state index < -0.39 is 0 Å². The topological polar surface area (TPSA) is 50.4 Å². The molecule has 2 aromatic rings. The first-order chi connectivity index (χ1) is 11.1. The highest BCUT2D eigenvalue weighted by molar-refractivity contribution is 5.78. The standard InChI is InChI=1S/C19H24N2O2/c1-14-8-4-6-10-17(14)23-18-11-7-5-9-16(18)13-21-19(22)15(2)12-20-3/h4-11,15,20H,12-13H2,1-3H3,(H,21,22). The van der Waals surface area contributed by atoms with Gasteiger partial charge in [0.2, 0.25) is 5.91 Å². The summed E-state index contributed by atoms with van der Waals surface area (Å²) >= 11 is 0. The van der Waals surface area contributed by atoms with Gasteiger partial charge in [-0.05, 0) is 31.7 Å². The van der Waals surface area contributed by atoms with Crippen molar-refractivity contribution >= 4 is 5.91 Å². The molecule has 0 bridgehead atoms. The Kier molecular flexibility index (Phi) is 6.18. The van der Waals surface area contributed by atoms with Crippen LogP contribution in [0.3, 0.4) is 0 Å². The van der Waals surface area contributed by atoms with E-state index in [2.05, 4.69) is 10.6 Å². The van der Waals surface area contributed by atoms with E-state index in [-0.39, 0.29) is 11.8 Å². The lowest BCUT2D eigenvalue weighted by atomic mass is 10.1. The largest absolute Gasteiger partial charge is 0.457 e. The number of carbonyl (C=O) groups excluding carboxylic acids is 1. The van der Waals surface area contributed by atoms with Crippen molar-refractivity contribution in [3.05, 3.63) is 59.7 Å². The van der Waals surface area contributed by atoms with Crippen LogP contribution in [-0.2, 0) is 11.3 Å². The summed E-state index contributed by atoms with van der Waals surface area (Å²) < 4.78 is 6.02. The molecule has 2 rings (SSSR count). The fraction of sp³-hybridized carbons (Fsp3) is 0.316. The van der Waals surface area contributed by atoms with Crippen LogP contribution < -0.4 is 15.4 Å². The molecule has 0 aliphatic rings. The van der Waals surface area contributed by atoms with Gasteiger partial charge in [0.25, 0.3) is 0 Å².